The molecule has 2 amide bonds. The fraction of sp³-hybridized carbons (Fsp3) is 0.263. The number of halogens is 1. The first kappa shape index (κ1) is 19.3. The number of anilines is 1. The van der Waals surface area contributed by atoms with Gasteiger partial charge >= 0.3 is 0 Å². The molecule has 0 spiro atoms. The highest BCUT2D eigenvalue weighted by atomic mass is 19.1. The zero-order chi connectivity index (χ0) is 20.1. The van der Waals surface area contributed by atoms with E-state index < -0.39 is 5.91 Å². The Morgan fingerprint density at radius 3 is 2.79 bits per heavy atom. The summed E-state index contributed by atoms with van der Waals surface area (Å²) < 4.78 is 16.8. The molecule has 0 radical (unpaired) electrons. The fourth-order valence-electron chi connectivity index (χ4n) is 2.74. The van der Waals surface area contributed by atoms with Crippen LogP contribution in [-0.4, -0.2) is 37.9 Å². The van der Waals surface area contributed by atoms with Gasteiger partial charge in [0.2, 0.25) is 5.91 Å². The normalized spacial score (nSPS) is 10.7. The van der Waals surface area contributed by atoms with Crippen molar-refractivity contribution in [3.8, 4) is 0 Å². The molecule has 146 valence electrons. The number of benzene rings is 1. The maximum atomic E-state index is 13.7. The molecule has 28 heavy (non-hydrogen) atoms. The van der Waals surface area contributed by atoms with Crippen LogP contribution in [0.5, 0.6) is 0 Å². The molecule has 3 rings (SSSR count). The number of hydrogen-bond donors (Lipinski definition) is 2. The van der Waals surface area contributed by atoms with Gasteiger partial charge in [-0.15, -0.1) is 0 Å². The van der Waals surface area contributed by atoms with Gasteiger partial charge in [0.05, 0.1) is 30.7 Å². The molecule has 8 nitrogen and oxygen atoms in total. The number of rotatable bonds is 7. The molecule has 0 saturated heterocycles. The highest BCUT2D eigenvalue weighted by molar-refractivity contribution is 5.98. The average molecular weight is 384 g/mol. The van der Waals surface area contributed by atoms with E-state index in [1.165, 1.54) is 16.9 Å². The Balaban J connectivity index is 1.53. The minimum Gasteiger partial charge on any atom is -0.342 e. The number of carbonyl (C=O) groups excluding carboxylic acids is 2. The first-order chi connectivity index (χ1) is 13.5. The van der Waals surface area contributed by atoms with Crippen LogP contribution in [0.3, 0.4) is 0 Å². The van der Waals surface area contributed by atoms with Crippen LogP contribution in [0.4, 0.5) is 10.1 Å². The summed E-state index contributed by atoms with van der Waals surface area (Å²) in [6.45, 7) is 4.30. The van der Waals surface area contributed by atoms with E-state index in [9.17, 15) is 14.0 Å². The zero-order valence-corrected chi connectivity index (χ0v) is 15.6. The van der Waals surface area contributed by atoms with E-state index in [-0.39, 0.29) is 24.8 Å². The summed E-state index contributed by atoms with van der Waals surface area (Å²) in [7, 11) is 0. The molecule has 2 aromatic heterocycles. The largest absolute Gasteiger partial charge is 0.342 e. The van der Waals surface area contributed by atoms with Crippen molar-refractivity contribution in [2.24, 2.45) is 0 Å². The Morgan fingerprint density at radius 1 is 1.25 bits per heavy atom. The topological polar surface area (TPSA) is 93.8 Å². The van der Waals surface area contributed by atoms with Gasteiger partial charge in [0, 0.05) is 18.3 Å². The lowest BCUT2D eigenvalue weighted by atomic mass is 10.2. The number of amides is 2. The Morgan fingerprint density at radius 2 is 2.04 bits per heavy atom. The number of aromatic nitrogens is 4. The summed E-state index contributed by atoms with van der Waals surface area (Å²) in [5, 5.41) is 13.5. The van der Waals surface area contributed by atoms with E-state index in [0.29, 0.717) is 23.5 Å². The van der Waals surface area contributed by atoms with Crippen molar-refractivity contribution in [2.75, 3.05) is 11.9 Å². The van der Waals surface area contributed by atoms with Crippen LogP contribution in [0.1, 0.15) is 28.7 Å². The minimum atomic E-state index is -0.391. The average Bonchev–Trinajstić information content (AvgIpc) is 3.27. The lowest BCUT2D eigenvalue weighted by Gasteiger charge is -2.07. The van der Waals surface area contributed by atoms with Crippen LogP contribution in [0.2, 0.25) is 0 Å². The van der Waals surface area contributed by atoms with Gasteiger partial charge in [-0.1, -0.05) is 18.2 Å². The van der Waals surface area contributed by atoms with Crippen molar-refractivity contribution in [3.05, 3.63) is 65.5 Å². The summed E-state index contributed by atoms with van der Waals surface area (Å²) in [6.07, 6.45) is 3.07. The minimum absolute atomic E-state index is 0.189. The van der Waals surface area contributed by atoms with Gasteiger partial charge in [0.15, 0.2) is 0 Å². The van der Waals surface area contributed by atoms with Crippen LogP contribution in [0, 0.1) is 12.7 Å². The number of carbonyl (C=O) groups is 2. The molecule has 2 heterocycles. The first-order valence-corrected chi connectivity index (χ1v) is 8.84. The Labute approximate surface area is 161 Å². The highest BCUT2D eigenvalue weighted by Crippen LogP contribution is 2.11. The molecule has 0 aliphatic rings. The maximum Gasteiger partial charge on any atom is 0.269 e. The van der Waals surface area contributed by atoms with Crippen LogP contribution in [0.25, 0.3) is 0 Å². The molecule has 0 saturated carbocycles. The van der Waals surface area contributed by atoms with Crippen molar-refractivity contribution >= 4 is 17.5 Å². The van der Waals surface area contributed by atoms with E-state index in [4.69, 9.17) is 0 Å². The van der Waals surface area contributed by atoms with Crippen molar-refractivity contribution in [3.63, 3.8) is 0 Å². The molecule has 0 fully saturated rings. The van der Waals surface area contributed by atoms with Crippen molar-refractivity contribution in [2.45, 2.75) is 26.9 Å². The zero-order valence-electron chi connectivity index (χ0n) is 15.6. The SMILES string of the molecule is CCn1nc(C)cc1C(=O)NCC(=O)Nc1cnn(Cc2ccccc2F)c1. The van der Waals surface area contributed by atoms with Crippen LogP contribution in [-0.2, 0) is 17.9 Å². The van der Waals surface area contributed by atoms with Crippen molar-refractivity contribution < 1.29 is 14.0 Å². The van der Waals surface area contributed by atoms with Gasteiger partial charge in [-0.2, -0.15) is 10.2 Å². The third-order valence-corrected chi connectivity index (χ3v) is 4.05. The van der Waals surface area contributed by atoms with Gasteiger partial charge < -0.3 is 10.6 Å². The second-order valence-electron chi connectivity index (χ2n) is 6.24. The number of aryl methyl sites for hydroxylation is 2. The predicted molar refractivity (Wildman–Crippen MR) is 101 cm³/mol. The van der Waals surface area contributed by atoms with Crippen molar-refractivity contribution in [1.29, 1.82) is 0 Å². The van der Waals surface area contributed by atoms with E-state index in [2.05, 4.69) is 20.8 Å². The Kier molecular flexibility index (Phi) is 5.83. The van der Waals surface area contributed by atoms with Crippen molar-refractivity contribution in [1.82, 2.24) is 24.9 Å². The van der Waals surface area contributed by atoms with Gasteiger partial charge in [-0.3, -0.25) is 19.0 Å². The molecule has 0 aliphatic carbocycles. The summed E-state index contributed by atoms with van der Waals surface area (Å²) >= 11 is 0. The van der Waals surface area contributed by atoms with Crippen LogP contribution in [0.15, 0.2) is 42.7 Å². The predicted octanol–water partition coefficient (Wildman–Crippen LogP) is 1.96. The van der Waals surface area contributed by atoms with Gasteiger partial charge in [-0.05, 0) is 26.0 Å². The second-order valence-corrected chi connectivity index (χ2v) is 6.24. The van der Waals surface area contributed by atoms with E-state index in [1.54, 1.807) is 42.1 Å². The Hall–Kier alpha value is -3.49. The van der Waals surface area contributed by atoms with E-state index >= 15 is 0 Å². The Bertz CT molecular complexity index is 994. The first-order valence-electron chi connectivity index (χ1n) is 8.84. The lowest BCUT2D eigenvalue weighted by Crippen LogP contribution is -2.34. The molecule has 0 aliphatic heterocycles. The lowest BCUT2D eigenvalue weighted by molar-refractivity contribution is -0.115. The van der Waals surface area contributed by atoms with Crippen LogP contribution < -0.4 is 10.6 Å². The molecule has 9 heteroatoms. The molecule has 0 unspecified atom stereocenters. The third-order valence-electron chi connectivity index (χ3n) is 4.05. The number of nitrogens with one attached hydrogen (secondary N) is 2. The van der Waals surface area contributed by atoms with Gasteiger partial charge in [-0.25, -0.2) is 4.39 Å². The van der Waals surface area contributed by atoms with Crippen LogP contribution >= 0.6 is 0 Å². The second kappa shape index (κ2) is 8.47. The standard InChI is InChI=1S/C19H21FN6O2/c1-3-26-17(8-13(2)24-26)19(28)21-10-18(27)23-15-9-22-25(12-15)11-14-6-4-5-7-16(14)20/h4-9,12H,3,10-11H2,1-2H3,(H,21,28)(H,23,27). The van der Waals surface area contributed by atoms with E-state index in [1.807, 2.05) is 6.92 Å². The number of hydrogen-bond acceptors (Lipinski definition) is 4. The van der Waals surface area contributed by atoms with Gasteiger partial charge in [0.1, 0.15) is 11.5 Å². The maximum absolute atomic E-state index is 13.7. The molecule has 0 atom stereocenters. The van der Waals surface area contributed by atoms with E-state index in [0.717, 1.165) is 5.69 Å². The molecule has 2 N–H and O–H groups in total. The van der Waals surface area contributed by atoms with Gasteiger partial charge in [0.25, 0.3) is 5.91 Å². The molecule has 1 aromatic carbocycles. The quantitative estimate of drug-likeness (QED) is 0.651. The summed E-state index contributed by atoms with van der Waals surface area (Å²) in [4.78, 5) is 24.3. The smallest absolute Gasteiger partial charge is 0.269 e. The highest BCUT2D eigenvalue weighted by Gasteiger charge is 2.14. The summed E-state index contributed by atoms with van der Waals surface area (Å²) in [5.74, 6) is -1.07. The number of nitrogens with zero attached hydrogens (tertiary/aromatic N) is 4. The molecular weight excluding hydrogens is 363 g/mol. The molecule has 0 bridgehead atoms. The molecular formula is C19H21FN6O2. The summed E-state index contributed by atoms with van der Waals surface area (Å²) in [5.41, 5.74) is 2.10. The fourth-order valence-corrected chi connectivity index (χ4v) is 2.74. The third kappa shape index (κ3) is 4.61. The molecule has 3 aromatic rings. The summed E-state index contributed by atoms with van der Waals surface area (Å²) in [6, 6.07) is 8.10. The monoisotopic (exact) mass is 384 g/mol.